The van der Waals surface area contributed by atoms with Gasteiger partial charge in [0.05, 0.1) is 16.9 Å². The Kier molecular flexibility index (Phi) is 3.71. The monoisotopic (exact) mass is 279 g/mol. The van der Waals surface area contributed by atoms with Gasteiger partial charge in [0.2, 0.25) is 0 Å². The quantitative estimate of drug-likeness (QED) is 0.884. The van der Waals surface area contributed by atoms with Crippen molar-refractivity contribution >= 4 is 28.9 Å². The summed E-state index contributed by atoms with van der Waals surface area (Å²) in [5.41, 5.74) is 1.24. The average Bonchev–Trinajstić information content (AvgIpc) is 2.35. The predicted molar refractivity (Wildman–Crippen MR) is 72.8 cm³/mol. The van der Waals surface area contributed by atoms with E-state index in [-0.39, 0.29) is 11.3 Å². The molecule has 0 aliphatic heterocycles. The topological polar surface area (TPSA) is 49.3 Å². The highest BCUT2D eigenvalue weighted by atomic mass is 35.5. The summed E-state index contributed by atoms with van der Waals surface area (Å²) in [5.74, 6) is -1.56. The van der Waals surface area contributed by atoms with Crippen molar-refractivity contribution in [2.75, 3.05) is 5.32 Å². The molecular weight excluding hydrogens is 269 g/mol. The first-order chi connectivity index (χ1) is 8.99. The Balaban J connectivity index is 2.47. The number of nitrogens with one attached hydrogen (secondary N) is 1. The number of carboxylic acids is 1. The highest BCUT2D eigenvalue weighted by Gasteiger charge is 2.13. The zero-order chi connectivity index (χ0) is 14.0. The van der Waals surface area contributed by atoms with E-state index in [2.05, 4.69) is 5.32 Å². The van der Waals surface area contributed by atoms with Crippen molar-refractivity contribution in [1.82, 2.24) is 0 Å². The van der Waals surface area contributed by atoms with Crippen molar-refractivity contribution in [2.24, 2.45) is 0 Å². The summed E-state index contributed by atoms with van der Waals surface area (Å²) in [6.45, 7) is 1.74. The predicted octanol–water partition coefficient (Wildman–Crippen LogP) is 4.23. The fourth-order valence-corrected chi connectivity index (χ4v) is 1.90. The standard InChI is InChI=1S/C14H11ClFNO2/c1-8-3-2-4-11(16)13(8)17-12-6-5-9(15)7-10(12)14(18)19/h2-7,17H,1H3,(H,18,19). The molecule has 0 amide bonds. The first kappa shape index (κ1) is 13.4. The van der Waals surface area contributed by atoms with Crippen LogP contribution in [-0.4, -0.2) is 11.1 Å². The molecule has 2 N–H and O–H groups in total. The molecule has 3 nitrogen and oxygen atoms in total. The number of para-hydroxylation sites is 1. The molecule has 0 fully saturated rings. The van der Waals surface area contributed by atoms with E-state index in [1.54, 1.807) is 25.1 Å². The molecule has 19 heavy (non-hydrogen) atoms. The van der Waals surface area contributed by atoms with Crippen LogP contribution in [0.15, 0.2) is 36.4 Å². The molecule has 0 atom stereocenters. The van der Waals surface area contributed by atoms with Crippen LogP contribution in [0.25, 0.3) is 0 Å². The van der Waals surface area contributed by atoms with Crippen LogP contribution in [-0.2, 0) is 0 Å². The molecule has 0 heterocycles. The Bertz CT molecular complexity index is 623. The van der Waals surface area contributed by atoms with E-state index in [9.17, 15) is 9.18 Å². The van der Waals surface area contributed by atoms with E-state index in [0.717, 1.165) is 0 Å². The Labute approximate surface area is 114 Å². The Hall–Kier alpha value is -2.07. The van der Waals surface area contributed by atoms with Gasteiger partial charge in [0.1, 0.15) is 5.82 Å². The molecule has 0 saturated carbocycles. The van der Waals surface area contributed by atoms with Crippen LogP contribution in [0.4, 0.5) is 15.8 Å². The van der Waals surface area contributed by atoms with Gasteiger partial charge in [0.25, 0.3) is 0 Å². The number of halogens is 2. The summed E-state index contributed by atoms with van der Waals surface area (Å²) in [6, 6.07) is 9.02. The summed E-state index contributed by atoms with van der Waals surface area (Å²) in [5, 5.41) is 12.2. The number of carboxylic acid groups (broad SMARTS) is 1. The molecule has 0 spiro atoms. The minimum atomic E-state index is -1.13. The van der Waals surface area contributed by atoms with Gasteiger partial charge in [-0.2, -0.15) is 0 Å². The van der Waals surface area contributed by atoms with Crippen molar-refractivity contribution in [2.45, 2.75) is 6.92 Å². The lowest BCUT2D eigenvalue weighted by Gasteiger charge is -2.13. The smallest absolute Gasteiger partial charge is 0.337 e. The van der Waals surface area contributed by atoms with Gasteiger partial charge in [-0.25, -0.2) is 9.18 Å². The number of aryl methyl sites for hydroxylation is 1. The molecule has 2 rings (SSSR count). The van der Waals surface area contributed by atoms with Crippen LogP contribution in [0.5, 0.6) is 0 Å². The molecule has 2 aromatic rings. The fraction of sp³-hybridized carbons (Fsp3) is 0.0714. The zero-order valence-electron chi connectivity index (χ0n) is 10.1. The Morgan fingerprint density at radius 2 is 2.05 bits per heavy atom. The summed E-state index contributed by atoms with van der Waals surface area (Å²) in [4.78, 5) is 11.1. The SMILES string of the molecule is Cc1cccc(F)c1Nc1ccc(Cl)cc1C(=O)O. The van der Waals surface area contributed by atoms with Crippen LogP contribution < -0.4 is 5.32 Å². The molecule has 0 aliphatic rings. The summed E-state index contributed by atoms with van der Waals surface area (Å²) in [6.07, 6.45) is 0. The zero-order valence-corrected chi connectivity index (χ0v) is 10.8. The number of benzene rings is 2. The second-order valence-electron chi connectivity index (χ2n) is 4.05. The molecule has 0 unspecified atom stereocenters. The number of hydrogen-bond acceptors (Lipinski definition) is 2. The minimum Gasteiger partial charge on any atom is -0.478 e. The molecule has 0 radical (unpaired) electrons. The van der Waals surface area contributed by atoms with Gasteiger partial charge in [0, 0.05) is 5.02 Å². The van der Waals surface area contributed by atoms with Crippen molar-refractivity contribution in [1.29, 1.82) is 0 Å². The van der Waals surface area contributed by atoms with Gasteiger partial charge in [-0.05, 0) is 36.8 Å². The molecule has 5 heteroatoms. The van der Waals surface area contributed by atoms with Crippen molar-refractivity contribution in [3.8, 4) is 0 Å². The second kappa shape index (κ2) is 5.28. The van der Waals surface area contributed by atoms with Crippen LogP contribution in [0, 0.1) is 12.7 Å². The van der Waals surface area contributed by atoms with E-state index in [4.69, 9.17) is 16.7 Å². The molecule has 0 aromatic heterocycles. The maximum absolute atomic E-state index is 13.7. The van der Waals surface area contributed by atoms with Gasteiger partial charge >= 0.3 is 5.97 Å². The van der Waals surface area contributed by atoms with Crippen molar-refractivity contribution < 1.29 is 14.3 Å². The average molecular weight is 280 g/mol. The minimum absolute atomic E-state index is 0.00449. The highest BCUT2D eigenvalue weighted by molar-refractivity contribution is 6.31. The van der Waals surface area contributed by atoms with Gasteiger partial charge < -0.3 is 10.4 Å². The number of anilines is 2. The number of aromatic carboxylic acids is 1. The van der Waals surface area contributed by atoms with E-state index in [0.29, 0.717) is 16.3 Å². The Morgan fingerprint density at radius 1 is 1.32 bits per heavy atom. The first-order valence-electron chi connectivity index (χ1n) is 5.54. The third-order valence-electron chi connectivity index (χ3n) is 2.69. The molecule has 98 valence electrons. The summed E-state index contributed by atoms with van der Waals surface area (Å²) < 4.78 is 13.7. The third-order valence-corrected chi connectivity index (χ3v) is 2.93. The van der Waals surface area contributed by atoms with Crippen LogP contribution in [0.3, 0.4) is 0 Å². The molecule has 2 aromatic carbocycles. The van der Waals surface area contributed by atoms with Crippen LogP contribution in [0.2, 0.25) is 5.02 Å². The largest absolute Gasteiger partial charge is 0.478 e. The lowest BCUT2D eigenvalue weighted by molar-refractivity contribution is 0.0698. The van der Waals surface area contributed by atoms with E-state index >= 15 is 0 Å². The summed E-state index contributed by atoms with van der Waals surface area (Å²) >= 11 is 5.76. The third kappa shape index (κ3) is 2.85. The number of hydrogen-bond donors (Lipinski definition) is 2. The molecule has 0 aliphatic carbocycles. The number of rotatable bonds is 3. The van der Waals surface area contributed by atoms with Gasteiger partial charge in [0.15, 0.2) is 0 Å². The molecule has 0 bridgehead atoms. The van der Waals surface area contributed by atoms with Gasteiger partial charge in [-0.3, -0.25) is 0 Å². The van der Waals surface area contributed by atoms with E-state index in [1.807, 2.05) is 0 Å². The lowest BCUT2D eigenvalue weighted by Crippen LogP contribution is -2.04. The fourth-order valence-electron chi connectivity index (χ4n) is 1.73. The highest BCUT2D eigenvalue weighted by Crippen LogP contribution is 2.27. The Morgan fingerprint density at radius 3 is 2.68 bits per heavy atom. The number of carbonyl (C=O) groups is 1. The second-order valence-corrected chi connectivity index (χ2v) is 4.49. The van der Waals surface area contributed by atoms with Crippen LogP contribution >= 0.6 is 11.6 Å². The van der Waals surface area contributed by atoms with Crippen LogP contribution in [0.1, 0.15) is 15.9 Å². The first-order valence-corrected chi connectivity index (χ1v) is 5.92. The maximum atomic E-state index is 13.7. The molecular formula is C14H11ClFNO2. The van der Waals surface area contributed by atoms with Crippen molar-refractivity contribution in [3.63, 3.8) is 0 Å². The lowest BCUT2D eigenvalue weighted by atomic mass is 10.1. The maximum Gasteiger partial charge on any atom is 0.337 e. The normalized spacial score (nSPS) is 10.3. The van der Waals surface area contributed by atoms with Crippen molar-refractivity contribution in [3.05, 3.63) is 58.4 Å². The van der Waals surface area contributed by atoms with E-state index < -0.39 is 11.8 Å². The summed E-state index contributed by atoms with van der Waals surface area (Å²) in [7, 11) is 0. The van der Waals surface area contributed by atoms with Gasteiger partial charge in [-0.15, -0.1) is 0 Å². The van der Waals surface area contributed by atoms with E-state index in [1.165, 1.54) is 18.2 Å². The van der Waals surface area contributed by atoms with Gasteiger partial charge in [-0.1, -0.05) is 23.7 Å². The molecule has 0 saturated heterocycles.